The molecule has 0 saturated heterocycles. The van der Waals surface area contributed by atoms with E-state index in [2.05, 4.69) is 100 Å². The Morgan fingerprint density at radius 1 is 0.630 bits per heavy atom. The fourth-order valence-electron chi connectivity index (χ4n) is 5.31. The molecule has 0 bridgehead atoms. The number of hydrogen-bond donors (Lipinski definition) is 0. The van der Waals surface area contributed by atoms with Gasteiger partial charge in [0.2, 0.25) is 0 Å². The Morgan fingerprint density at radius 2 is 1.11 bits per heavy atom. The Hall–Kier alpha value is -0.994. The number of benzene rings is 2. The predicted molar refractivity (Wildman–Crippen MR) is 127 cm³/mol. The molecular weight excluding hydrogens is 445 g/mol. The second kappa shape index (κ2) is 8.57. The maximum absolute atomic E-state index is 2.91. The molecule has 142 valence electrons. The maximum atomic E-state index is 2.91. The first kappa shape index (κ1) is 20.7. The minimum atomic E-state index is -2.43. The van der Waals surface area contributed by atoms with Crippen LogP contribution < -0.4 is 0 Å². The normalized spacial score (nSPS) is 18.3. The summed E-state index contributed by atoms with van der Waals surface area (Å²) in [5, 5.41) is 5.40. The van der Waals surface area contributed by atoms with Crippen LogP contribution in [-0.2, 0) is 0 Å². The molecule has 0 fully saturated rings. The van der Waals surface area contributed by atoms with E-state index in [1.54, 1.807) is 4.41 Å². The van der Waals surface area contributed by atoms with Gasteiger partial charge < -0.3 is 0 Å². The molecule has 0 saturated carbocycles. The van der Waals surface area contributed by atoms with Crippen molar-refractivity contribution in [2.75, 3.05) is 0 Å². The van der Waals surface area contributed by atoms with Crippen molar-refractivity contribution in [2.24, 2.45) is 0 Å². The zero-order valence-corrected chi connectivity index (χ0v) is 21.9. The average molecular weight is 480 g/mol. The minimum absolute atomic E-state index is 1.34. The molecule has 0 unspecified atom stereocenters. The van der Waals surface area contributed by atoms with Gasteiger partial charge >= 0.3 is 172 Å². The summed E-state index contributed by atoms with van der Waals surface area (Å²) in [5.41, 5.74) is 3.04. The van der Waals surface area contributed by atoms with Gasteiger partial charge in [0.05, 0.1) is 0 Å². The second-order valence-electron chi connectivity index (χ2n) is 7.94. The van der Waals surface area contributed by atoms with Crippen LogP contribution in [0.3, 0.4) is 0 Å². The predicted octanol–water partition coefficient (Wildman–Crippen LogP) is 7.69. The van der Waals surface area contributed by atoms with E-state index in [4.69, 9.17) is 0 Å². The monoisotopic (exact) mass is 482 g/mol. The molecule has 0 amide bonds. The van der Waals surface area contributed by atoms with E-state index in [1.165, 1.54) is 32.1 Å². The molecule has 3 rings (SSSR count). The van der Waals surface area contributed by atoms with Crippen molar-refractivity contribution in [3.05, 3.63) is 81.1 Å². The topological polar surface area (TPSA) is 0 Å². The van der Waals surface area contributed by atoms with E-state index in [-0.39, 0.29) is 0 Å². The van der Waals surface area contributed by atoms with Crippen LogP contribution in [0.4, 0.5) is 0 Å². The van der Waals surface area contributed by atoms with Crippen molar-refractivity contribution < 1.29 is 0 Å². The van der Waals surface area contributed by atoms with Crippen LogP contribution in [0.15, 0.2) is 70.0 Å². The Bertz CT molecular complexity index is 823. The summed E-state index contributed by atoms with van der Waals surface area (Å²) in [5.74, 6) is 0. The standard InChI is InChI=1S/C25H34Ge2/c1-6-26(7-2)20-24(22-16-12-10-13-17-22)27(8-3,9-4)25(21(26)5)23-18-14-11-15-19-23/h10-20H,6-9H2,1-5H3. The third-order valence-electron chi connectivity index (χ3n) is 7.15. The molecule has 2 heteroatoms. The molecule has 0 atom stereocenters. The quantitative estimate of drug-likeness (QED) is 0.373. The van der Waals surface area contributed by atoms with E-state index in [0.717, 1.165) is 0 Å². The SMILES string of the molecule is C[CH2][Ge]1([CH2]C)[CH]=[C](c2ccccc2)[Ge]([CH2]C)([CH2]C)[C](c2ccccc2)=[C]1C. The van der Waals surface area contributed by atoms with Gasteiger partial charge in [-0.1, -0.05) is 0 Å². The van der Waals surface area contributed by atoms with Crippen molar-refractivity contribution in [3.8, 4) is 0 Å². The Morgan fingerprint density at radius 3 is 1.56 bits per heavy atom. The van der Waals surface area contributed by atoms with Gasteiger partial charge in [-0.25, -0.2) is 0 Å². The van der Waals surface area contributed by atoms with Crippen LogP contribution >= 0.6 is 0 Å². The number of hydrogen-bond acceptors (Lipinski definition) is 0. The van der Waals surface area contributed by atoms with Crippen LogP contribution in [0.25, 0.3) is 8.81 Å². The molecule has 1 aliphatic heterocycles. The summed E-state index contributed by atoms with van der Waals surface area (Å²) in [6, 6.07) is 22.8. The van der Waals surface area contributed by atoms with E-state index in [9.17, 15) is 0 Å². The summed E-state index contributed by atoms with van der Waals surface area (Å²) in [7, 11) is 0. The van der Waals surface area contributed by atoms with Gasteiger partial charge in [-0.05, 0) is 0 Å². The van der Waals surface area contributed by atoms with Gasteiger partial charge in [-0.2, -0.15) is 0 Å². The fourth-order valence-corrected chi connectivity index (χ4v) is 33.9. The van der Waals surface area contributed by atoms with Gasteiger partial charge in [-0.3, -0.25) is 0 Å². The molecule has 2 aromatic rings. The van der Waals surface area contributed by atoms with Crippen LogP contribution in [0, 0.1) is 0 Å². The second-order valence-corrected chi connectivity index (χ2v) is 27.6. The van der Waals surface area contributed by atoms with Gasteiger partial charge in [0, 0.05) is 0 Å². The van der Waals surface area contributed by atoms with Gasteiger partial charge in [-0.15, -0.1) is 0 Å². The molecule has 0 N–H and O–H groups in total. The van der Waals surface area contributed by atoms with E-state index < -0.39 is 26.5 Å². The van der Waals surface area contributed by atoms with Crippen LogP contribution in [0.5, 0.6) is 0 Å². The molecule has 0 spiro atoms. The van der Waals surface area contributed by atoms with Gasteiger partial charge in [0.15, 0.2) is 0 Å². The first-order valence-electron chi connectivity index (χ1n) is 10.6. The molecule has 0 aliphatic carbocycles. The van der Waals surface area contributed by atoms with Crippen molar-refractivity contribution in [1.29, 1.82) is 0 Å². The van der Waals surface area contributed by atoms with Gasteiger partial charge in [0.25, 0.3) is 0 Å². The summed E-state index contributed by atoms with van der Waals surface area (Å²) >= 11 is -4.63. The van der Waals surface area contributed by atoms with Crippen molar-refractivity contribution in [3.63, 3.8) is 0 Å². The Labute approximate surface area is 171 Å². The first-order valence-corrected chi connectivity index (χ1v) is 20.9. The van der Waals surface area contributed by atoms with E-state index >= 15 is 0 Å². The molecule has 27 heavy (non-hydrogen) atoms. The van der Waals surface area contributed by atoms with Crippen molar-refractivity contribution in [2.45, 2.75) is 55.6 Å². The molecule has 0 nitrogen and oxygen atoms in total. The van der Waals surface area contributed by atoms with Gasteiger partial charge in [0.1, 0.15) is 0 Å². The molecule has 1 heterocycles. The molecule has 1 aliphatic rings. The van der Waals surface area contributed by atoms with Crippen molar-refractivity contribution >= 4 is 35.3 Å². The average Bonchev–Trinajstić information content (AvgIpc) is 2.74. The fraction of sp³-hybridized carbons (Fsp3) is 0.360. The molecule has 0 radical (unpaired) electrons. The Kier molecular flexibility index (Phi) is 6.58. The van der Waals surface area contributed by atoms with Crippen molar-refractivity contribution in [1.82, 2.24) is 0 Å². The third kappa shape index (κ3) is 3.44. The molecular formula is C25H34Ge2. The van der Waals surface area contributed by atoms with Crippen LogP contribution in [0.2, 0.25) is 21.0 Å². The number of rotatable bonds is 6. The summed E-state index contributed by atoms with van der Waals surface area (Å²) in [4.78, 5) is 2.91. The molecule has 2 aromatic carbocycles. The zero-order chi connectivity index (χ0) is 19.5. The number of allylic oxidation sites excluding steroid dienone is 1. The van der Waals surface area contributed by atoms with Crippen LogP contribution in [-0.4, -0.2) is 26.5 Å². The third-order valence-corrected chi connectivity index (χ3v) is 31.8. The molecule has 0 aromatic heterocycles. The summed E-state index contributed by atoms with van der Waals surface area (Å²) in [6.07, 6.45) is 0. The summed E-state index contributed by atoms with van der Waals surface area (Å²) < 4.78 is 5.48. The van der Waals surface area contributed by atoms with Crippen LogP contribution in [0.1, 0.15) is 45.7 Å². The summed E-state index contributed by atoms with van der Waals surface area (Å²) in [6.45, 7) is 12.4. The zero-order valence-electron chi connectivity index (χ0n) is 17.7. The Balaban J connectivity index is 2.38. The van der Waals surface area contributed by atoms with E-state index in [0.29, 0.717) is 0 Å². The first-order chi connectivity index (χ1) is 13.1. The van der Waals surface area contributed by atoms with E-state index in [1.807, 2.05) is 8.81 Å².